The maximum absolute atomic E-state index is 5.84. The minimum Gasteiger partial charge on any atom is -0.373 e. The van der Waals surface area contributed by atoms with E-state index in [-0.39, 0.29) is 0 Å². The molecule has 0 spiro atoms. The van der Waals surface area contributed by atoms with Crippen molar-refractivity contribution in [2.24, 2.45) is 0 Å². The standard InChI is InChI=1S/C10H12ClN5/c1-3-8-9(12-2)13-6-14-10(8)16-5-7(11)4-15-16/h4-6H,3H2,1-2H3,(H,12,13,14). The summed E-state index contributed by atoms with van der Waals surface area (Å²) in [4.78, 5) is 8.40. The molecule has 2 aromatic heterocycles. The summed E-state index contributed by atoms with van der Waals surface area (Å²) in [5.74, 6) is 1.58. The van der Waals surface area contributed by atoms with Crippen LogP contribution in [0.5, 0.6) is 0 Å². The first-order valence-corrected chi connectivity index (χ1v) is 5.36. The van der Waals surface area contributed by atoms with Gasteiger partial charge in [-0.05, 0) is 6.42 Å². The molecule has 0 aromatic carbocycles. The van der Waals surface area contributed by atoms with Crippen LogP contribution in [-0.2, 0) is 6.42 Å². The van der Waals surface area contributed by atoms with Gasteiger partial charge in [0.05, 0.1) is 17.4 Å². The van der Waals surface area contributed by atoms with Gasteiger partial charge in [0.2, 0.25) is 0 Å². The van der Waals surface area contributed by atoms with Gasteiger partial charge in [-0.3, -0.25) is 0 Å². The van der Waals surface area contributed by atoms with E-state index in [9.17, 15) is 0 Å². The molecule has 2 rings (SSSR count). The molecule has 0 radical (unpaired) electrons. The third-order valence-electron chi connectivity index (χ3n) is 2.28. The highest BCUT2D eigenvalue weighted by Crippen LogP contribution is 2.19. The first-order valence-electron chi connectivity index (χ1n) is 4.98. The summed E-state index contributed by atoms with van der Waals surface area (Å²) in [5.41, 5.74) is 1.02. The summed E-state index contributed by atoms with van der Waals surface area (Å²) in [5, 5.41) is 7.76. The van der Waals surface area contributed by atoms with Crippen molar-refractivity contribution in [3.05, 3.63) is 29.3 Å². The molecule has 0 saturated heterocycles. The van der Waals surface area contributed by atoms with Crippen LogP contribution in [0.3, 0.4) is 0 Å². The quantitative estimate of drug-likeness (QED) is 0.886. The summed E-state index contributed by atoms with van der Waals surface area (Å²) in [7, 11) is 1.83. The van der Waals surface area contributed by atoms with Crippen LogP contribution >= 0.6 is 11.6 Å². The molecule has 1 N–H and O–H groups in total. The molecule has 0 aliphatic heterocycles. The van der Waals surface area contributed by atoms with E-state index in [1.165, 1.54) is 6.33 Å². The Bertz CT molecular complexity index is 494. The van der Waals surface area contributed by atoms with Crippen molar-refractivity contribution in [3.63, 3.8) is 0 Å². The van der Waals surface area contributed by atoms with Crippen molar-refractivity contribution < 1.29 is 0 Å². The predicted octanol–water partition coefficient (Wildman–Crippen LogP) is 1.92. The van der Waals surface area contributed by atoms with Gasteiger partial charge in [-0.15, -0.1) is 0 Å². The number of nitrogens with zero attached hydrogens (tertiary/aromatic N) is 4. The Morgan fingerprint density at radius 3 is 2.81 bits per heavy atom. The summed E-state index contributed by atoms with van der Waals surface area (Å²) < 4.78 is 1.66. The highest BCUT2D eigenvalue weighted by Gasteiger charge is 2.11. The molecular formula is C10H12ClN5. The van der Waals surface area contributed by atoms with Crippen LogP contribution in [0.15, 0.2) is 18.7 Å². The molecule has 2 aromatic rings. The highest BCUT2D eigenvalue weighted by atomic mass is 35.5. The fourth-order valence-electron chi connectivity index (χ4n) is 1.56. The third kappa shape index (κ3) is 1.86. The zero-order chi connectivity index (χ0) is 11.5. The number of hydrogen-bond donors (Lipinski definition) is 1. The van der Waals surface area contributed by atoms with Crippen LogP contribution in [0.1, 0.15) is 12.5 Å². The molecule has 6 heteroatoms. The first kappa shape index (κ1) is 10.9. The van der Waals surface area contributed by atoms with E-state index in [0.717, 1.165) is 23.6 Å². The fourth-order valence-corrected chi connectivity index (χ4v) is 1.69. The minimum absolute atomic E-state index is 0.590. The maximum atomic E-state index is 5.84. The normalized spacial score (nSPS) is 10.4. The SMILES string of the molecule is CCc1c(NC)ncnc1-n1cc(Cl)cn1. The van der Waals surface area contributed by atoms with Crippen molar-refractivity contribution in [1.82, 2.24) is 19.7 Å². The van der Waals surface area contributed by atoms with Gasteiger partial charge < -0.3 is 5.32 Å². The van der Waals surface area contributed by atoms with Crippen LogP contribution < -0.4 is 5.32 Å². The zero-order valence-corrected chi connectivity index (χ0v) is 9.86. The lowest BCUT2D eigenvalue weighted by atomic mass is 10.2. The van der Waals surface area contributed by atoms with Crippen molar-refractivity contribution in [1.29, 1.82) is 0 Å². The second-order valence-electron chi connectivity index (χ2n) is 3.23. The minimum atomic E-state index is 0.590. The van der Waals surface area contributed by atoms with Crippen LogP contribution in [0.2, 0.25) is 5.02 Å². The van der Waals surface area contributed by atoms with E-state index >= 15 is 0 Å². The number of halogens is 1. The van der Waals surface area contributed by atoms with E-state index in [4.69, 9.17) is 11.6 Å². The number of rotatable bonds is 3. The monoisotopic (exact) mass is 237 g/mol. The summed E-state index contributed by atoms with van der Waals surface area (Å²) in [6, 6.07) is 0. The highest BCUT2D eigenvalue weighted by molar-refractivity contribution is 6.30. The molecule has 2 heterocycles. The van der Waals surface area contributed by atoms with Crippen LogP contribution in [0.25, 0.3) is 5.82 Å². The van der Waals surface area contributed by atoms with Crippen molar-refractivity contribution in [2.75, 3.05) is 12.4 Å². The van der Waals surface area contributed by atoms with Gasteiger partial charge in [0.25, 0.3) is 0 Å². The molecule has 16 heavy (non-hydrogen) atoms. The van der Waals surface area contributed by atoms with Crippen LogP contribution in [0.4, 0.5) is 5.82 Å². The second kappa shape index (κ2) is 4.49. The van der Waals surface area contributed by atoms with Crippen molar-refractivity contribution in [3.8, 4) is 5.82 Å². The molecule has 0 atom stereocenters. The Morgan fingerprint density at radius 1 is 1.44 bits per heavy atom. The topological polar surface area (TPSA) is 55.6 Å². The zero-order valence-electron chi connectivity index (χ0n) is 9.11. The molecule has 0 unspecified atom stereocenters. The largest absolute Gasteiger partial charge is 0.373 e. The van der Waals surface area contributed by atoms with E-state index < -0.39 is 0 Å². The molecule has 0 amide bonds. The van der Waals surface area contributed by atoms with E-state index in [1.807, 2.05) is 14.0 Å². The lowest BCUT2D eigenvalue weighted by Gasteiger charge is -2.10. The average molecular weight is 238 g/mol. The Hall–Kier alpha value is -1.62. The second-order valence-corrected chi connectivity index (χ2v) is 3.67. The molecular weight excluding hydrogens is 226 g/mol. The fraction of sp³-hybridized carbons (Fsp3) is 0.300. The lowest BCUT2D eigenvalue weighted by Crippen LogP contribution is -2.07. The van der Waals surface area contributed by atoms with Gasteiger partial charge >= 0.3 is 0 Å². The van der Waals surface area contributed by atoms with E-state index in [0.29, 0.717) is 5.02 Å². The summed E-state index contributed by atoms with van der Waals surface area (Å²) in [6.45, 7) is 2.05. The molecule has 0 aliphatic carbocycles. The Balaban J connectivity index is 2.56. The van der Waals surface area contributed by atoms with Crippen LogP contribution in [-0.4, -0.2) is 26.8 Å². The van der Waals surface area contributed by atoms with Gasteiger partial charge in [0.1, 0.15) is 12.1 Å². The number of nitrogens with one attached hydrogen (secondary N) is 1. The molecule has 0 saturated carbocycles. The first-order chi connectivity index (χ1) is 7.76. The van der Waals surface area contributed by atoms with Crippen LogP contribution in [0, 0.1) is 0 Å². The summed E-state index contributed by atoms with van der Waals surface area (Å²) in [6.07, 6.45) is 5.64. The molecule has 0 fully saturated rings. The number of aromatic nitrogens is 4. The van der Waals surface area contributed by atoms with Gasteiger partial charge in [-0.25, -0.2) is 14.6 Å². The van der Waals surface area contributed by atoms with Gasteiger partial charge in [0, 0.05) is 12.6 Å². The Morgan fingerprint density at radius 2 is 2.25 bits per heavy atom. The molecule has 84 valence electrons. The van der Waals surface area contributed by atoms with Gasteiger partial charge in [-0.2, -0.15) is 5.10 Å². The Kier molecular flexibility index (Phi) is 3.05. The number of hydrogen-bond acceptors (Lipinski definition) is 4. The van der Waals surface area contributed by atoms with Crippen molar-refractivity contribution in [2.45, 2.75) is 13.3 Å². The van der Waals surface area contributed by atoms with Gasteiger partial charge in [0.15, 0.2) is 5.82 Å². The lowest BCUT2D eigenvalue weighted by molar-refractivity contribution is 0.819. The predicted molar refractivity (Wildman–Crippen MR) is 63.1 cm³/mol. The molecule has 5 nitrogen and oxygen atoms in total. The maximum Gasteiger partial charge on any atom is 0.162 e. The van der Waals surface area contributed by atoms with Gasteiger partial charge in [-0.1, -0.05) is 18.5 Å². The molecule has 0 aliphatic rings. The third-order valence-corrected chi connectivity index (χ3v) is 2.48. The average Bonchev–Trinajstić information content (AvgIpc) is 2.74. The smallest absolute Gasteiger partial charge is 0.162 e. The van der Waals surface area contributed by atoms with Crippen molar-refractivity contribution >= 4 is 17.4 Å². The molecule has 0 bridgehead atoms. The summed E-state index contributed by atoms with van der Waals surface area (Å²) >= 11 is 5.84. The van der Waals surface area contributed by atoms with E-state index in [1.54, 1.807) is 17.1 Å². The number of anilines is 1. The Labute approximate surface area is 98.5 Å². The van der Waals surface area contributed by atoms with E-state index in [2.05, 4.69) is 20.4 Å².